The molecule has 3 rings (SSSR count). The molecule has 0 aromatic carbocycles. The Labute approximate surface area is 154 Å². The zero-order valence-electron chi connectivity index (χ0n) is 14.2. The molecule has 3 aromatic heterocycles. The Morgan fingerprint density at radius 2 is 2.15 bits per heavy atom. The molecule has 0 unspecified atom stereocenters. The summed E-state index contributed by atoms with van der Waals surface area (Å²) in [7, 11) is 0. The lowest BCUT2D eigenvalue weighted by molar-refractivity contribution is -0.137. The Hall–Kier alpha value is -3.00. The van der Waals surface area contributed by atoms with Crippen LogP contribution in [0.2, 0.25) is 0 Å². The lowest BCUT2D eigenvalue weighted by Crippen LogP contribution is -2.33. The number of pyridine rings is 1. The lowest BCUT2D eigenvalue weighted by Gasteiger charge is -2.20. The first kappa shape index (κ1) is 17.8. The van der Waals surface area contributed by atoms with Crippen molar-refractivity contribution in [3.05, 3.63) is 58.9 Å². The first-order valence-electron chi connectivity index (χ1n) is 8.05. The number of carboxylic acids is 1. The zero-order chi connectivity index (χ0) is 18.5. The number of H-pyrrole nitrogens is 1. The van der Waals surface area contributed by atoms with Gasteiger partial charge in [-0.2, -0.15) is 5.10 Å². The number of thiophene rings is 1. The second-order valence-electron chi connectivity index (χ2n) is 5.81. The number of nitrogens with zero attached hydrogens (tertiary/aromatic N) is 3. The van der Waals surface area contributed by atoms with E-state index in [1.807, 2.05) is 25.1 Å². The standard InChI is InChI=1S/C18H18N4O3S/c1-12-4-5-16(26-12)14-9-15(21-20-14)18(25)22(8-6-17(23)24)11-13-3-2-7-19-10-13/h2-5,7,9-10H,6,8,11H2,1H3,(H,20,21)(H,23,24). The predicted molar refractivity (Wildman–Crippen MR) is 97.9 cm³/mol. The van der Waals surface area contributed by atoms with Crippen molar-refractivity contribution in [3.63, 3.8) is 0 Å². The quantitative estimate of drug-likeness (QED) is 0.666. The number of carbonyl (C=O) groups is 2. The fourth-order valence-corrected chi connectivity index (χ4v) is 3.33. The number of hydrogen-bond donors (Lipinski definition) is 2. The summed E-state index contributed by atoms with van der Waals surface area (Å²) in [6.45, 7) is 2.39. The molecule has 1 amide bonds. The second-order valence-corrected chi connectivity index (χ2v) is 7.10. The molecule has 7 nitrogen and oxygen atoms in total. The van der Waals surface area contributed by atoms with Crippen LogP contribution in [0.5, 0.6) is 0 Å². The summed E-state index contributed by atoms with van der Waals surface area (Å²) in [4.78, 5) is 31.5. The van der Waals surface area contributed by atoms with E-state index < -0.39 is 5.97 Å². The minimum atomic E-state index is -0.953. The SMILES string of the molecule is Cc1ccc(-c2cc(C(=O)N(CCC(=O)O)Cc3cccnc3)n[nH]2)s1. The van der Waals surface area contributed by atoms with Gasteiger partial charge in [-0.3, -0.25) is 19.7 Å². The van der Waals surface area contributed by atoms with E-state index in [1.165, 1.54) is 9.78 Å². The Balaban J connectivity index is 1.80. The van der Waals surface area contributed by atoms with Crippen LogP contribution in [0.25, 0.3) is 10.6 Å². The van der Waals surface area contributed by atoms with Crippen LogP contribution < -0.4 is 0 Å². The summed E-state index contributed by atoms with van der Waals surface area (Å²) >= 11 is 1.61. The maximum absolute atomic E-state index is 12.8. The Bertz CT molecular complexity index is 904. The lowest BCUT2D eigenvalue weighted by atomic mass is 10.2. The highest BCUT2D eigenvalue weighted by molar-refractivity contribution is 7.15. The van der Waals surface area contributed by atoms with Crippen molar-refractivity contribution < 1.29 is 14.7 Å². The molecule has 134 valence electrons. The summed E-state index contributed by atoms with van der Waals surface area (Å²) in [6, 6.07) is 9.30. The van der Waals surface area contributed by atoms with Crippen molar-refractivity contribution in [2.75, 3.05) is 6.54 Å². The molecule has 0 atom stereocenters. The van der Waals surface area contributed by atoms with Crippen molar-refractivity contribution in [2.45, 2.75) is 19.9 Å². The molecule has 0 spiro atoms. The molecule has 0 fully saturated rings. The van der Waals surface area contributed by atoms with Crippen molar-refractivity contribution in [3.8, 4) is 10.6 Å². The van der Waals surface area contributed by atoms with Gasteiger partial charge in [0.25, 0.3) is 5.91 Å². The smallest absolute Gasteiger partial charge is 0.305 e. The molecule has 0 radical (unpaired) electrons. The predicted octanol–water partition coefficient (Wildman–Crippen LogP) is 2.96. The monoisotopic (exact) mass is 370 g/mol. The third-order valence-electron chi connectivity index (χ3n) is 3.78. The van der Waals surface area contributed by atoms with E-state index in [0.29, 0.717) is 0 Å². The third-order valence-corrected chi connectivity index (χ3v) is 4.82. The Morgan fingerprint density at radius 1 is 1.31 bits per heavy atom. The molecule has 3 aromatic rings. The largest absolute Gasteiger partial charge is 0.481 e. The number of nitrogens with one attached hydrogen (secondary N) is 1. The number of aliphatic carboxylic acids is 1. The van der Waals surface area contributed by atoms with Crippen LogP contribution in [-0.2, 0) is 11.3 Å². The Morgan fingerprint density at radius 3 is 2.81 bits per heavy atom. The number of carbonyl (C=O) groups excluding carboxylic acids is 1. The van der Waals surface area contributed by atoms with Gasteiger partial charge >= 0.3 is 5.97 Å². The number of hydrogen-bond acceptors (Lipinski definition) is 5. The molecule has 0 aliphatic rings. The minimum absolute atomic E-state index is 0.101. The molecule has 3 heterocycles. The number of rotatable bonds is 7. The fourth-order valence-electron chi connectivity index (χ4n) is 2.49. The van der Waals surface area contributed by atoms with Crippen molar-refractivity contribution in [1.29, 1.82) is 0 Å². The average Bonchev–Trinajstić information content (AvgIpc) is 3.27. The molecule has 0 saturated heterocycles. The molecule has 0 bridgehead atoms. The van der Waals surface area contributed by atoms with Crippen molar-refractivity contribution >= 4 is 23.2 Å². The van der Waals surface area contributed by atoms with E-state index >= 15 is 0 Å². The summed E-state index contributed by atoms with van der Waals surface area (Å²) in [6.07, 6.45) is 3.18. The van der Waals surface area contributed by atoms with E-state index in [2.05, 4.69) is 15.2 Å². The maximum atomic E-state index is 12.8. The van der Waals surface area contributed by atoms with Gasteiger partial charge in [-0.25, -0.2) is 0 Å². The molecule has 0 saturated carbocycles. The summed E-state index contributed by atoms with van der Waals surface area (Å²) in [5.41, 5.74) is 1.86. The number of amides is 1. The summed E-state index contributed by atoms with van der Waals surface area (Å²) in [5.74, 6) is -1.27. The van der Waals surface area contributed by atoms with Crippen LogP contribution in [0.15, 0.2) is 42.7 Å². The van der Waals surface area contributed by atoms with E-state index in [4.69, 9.17) is 5.11 Å². The first-order valence-corrected chi connectivity index (χ1v) is 8.87. The van der Waals surface area contributed by atoms with E-state index in [-0.39, 0.29) is 31.1 Å². The van der Waals surface area contributed by atoms with Gasteiger partial charge in [-0.05, 0) is 36.8 Å². The van der Waals surface area contributed by atoms with Crippen molar-refractivity contribution in [1.82, 2.24) is 20.1 Å². The van der Waals surface area contributed by atoms with Crippen LogP contribution in [-0.4, -0.2) is 43.6 Å². The van der Waals surface area contributed by atoms with E-state index in [9.17, 15) is 9.59 Å². The van der Waals surface area contributed by atoms with E-state index in [0.717, 1.165) is 16.1 Å². The number of carboxylic acid groups (broad SMARTS) is 1. The molecular weight excluding hydrogens is 352 g/mol. The summed E-state index contributed by atoms with van der Waals surface area (Å²) < 4.78 is 0. The molecule has 0 aliphatic heterocycles. The Kier molecular flexibility index (Phi) is 5.43. The molecule has 8 heteroatoms. The molecule has 2 N–H and O–H groups in total. The van der Waals surface area contributed by atoms with Gasteiger partial charge < -0.3 is 10.0 Å². The van der Waals surface area contributed by atoms with Crippen LogP contribution in [0, 0.1) is 6.92 Å². The van der Waals surface area contributed by atoms with Gasteiger partial charge in [0.05, 0.1) is 17.0 Å². The highest BCUT2D eigenvalue weighted by Crippen LogP contribution is 2.26. The maximum Gasteiger partial charge on any atom is 0.305 e. The molecular formula is C18H18N4O3S. The first-order chi connectivity index (χ1) is 12.5. The van der Waals surface area contributed by atoms with Gasteiger partial charge in [-0.15, -0.1) is 11.3 Å². The molecule has 0 aliphatic carbocycles. The third kappa shape index (κ3) is 4.34. The normalized spacial score (nSPS) is 10.7. The number of aryl methyl sites for hydroxylation is 1. The second kappa shape index (κ2) is 7.92. The number of aromatic amines is 1. The fraction of sp³-hybridized carbons (Fsp3) is 0.222. The van der Waals surface area contributed by atoms with Crippen LogP contribution in [0.3, 0.4) is 0 Å². The minimum Gasteiger partial charge on any atom is -0.481 e. The average molecular weight is 370 g/mol. The highest BCUT2D eigenvalue weighted by Gasteiger charge is 2.20. The zero-order valence-corrected chi connectivity index (χ0v) is 15.0. The topological polar surface area (TPSA) is 99.2 Å². The van der Waals surface area contributed by atoms with Gasteiger partial charge in [0.1, 0.15) is 0 Å². The highest BCUT2D eigenvalue weighted by atomic mass is 32.1. The van der Waals surface area contributed by atoms with Crippen LogP contribution in [0.1, 0.15) is 27.3 Å². The van der Waals surface area contributed by atoms with Gasteiger partial charge in [0.15, 0.2) is 5.69 Å². The summed E-state index contributed by atoms with van der Waals surface area (Å²) in [5, 5.41) is 16.0. The van der Waals surface area contributed by atoms with Crippen LogP contribution in [0.4, 0.5) is 0 Å². The van der Waals surface area contributed by atoms with Gasteiger partial charge in [-0.1, -0.05) is 6.07 Å². The van der Waals surface area contributed by atoms with Crippen LogP contribution >= 0.6 is 11.3 Å². The van der Waals surface area contributed by atoms with Crippen molar-refractivity contribution in [2.24, 2.45) is 0 Å². The van der Waals surface area contributed by atoms with E-state index in [1.54, 1.807) is 35.9 Å². The molecule has 26 heavy (non-hydrogen) atoms. The van der Waals surface area contributed by atoms with Gasteiger partial charge in [0, 0.05) is 30.4 Å². The number of aromatic nitrogens is 3. The van der Waals surface area contributed by atoms with Gasteiger partial charge in [0.2, 0.25) is 0 Å².